The first-order chi connectivity index (χ1) is 10.6. The van der Waals surface area contributed by atoms with E-state index in [1.54, 1.807) is 12.3 Å². The highest BCUT2D eigenvalue weighted by molar-refractivity contribution is 6.02. The SMILES string of the molecule is CN(C)c1ccc(N=Cc2c(O)ccc3ccccc23)cc1. The molecule has 3 heteroatoms. The second kappa shape index (κ2) is 5.90. The molecule has 3 aromatic rings. The number of fused-ring (bicyclic) bond motifs is 1. The molecule has 0 heterocycles. The van der Waals surface area contributed by atoms with Gasteiger partial charge in [0.15, 0.2) is 0 Å². The minimum absolute atomic E-state index is 0.243. The van der Waals surface area contributed by atoms with Gasteiger partial charge in [-0.2, -0.15) is 0 Å². The maximum absolute atomic E-state index is 10.1. The molecule has 0 aliphatic carbocycles. The Balaban J connectivity index is 1.97. The first-order valence-corrected chi connectivity index (χ1v) is 7.17. The largest absolute Gasteiger partial charge is 0.507 e. The van der Waals surface area contributed by atoms with Gasteiger partial charge in [-0.15, -0.1) is 0 Å². The minimum Gasteiger partial charge on any atom is -0.507 e. The van der Waals surface area contributed by atoms with Crippen LogP contribution < -0.4 is 4.90 Å². The average molecular weight is 290 g/mol. The summed E-state index contributed by atoms with van der Waals surface area (Å²) in [6, 6.07) is 19.6. The number of nitrogens with zero attached hydrogens (tertiary/aromatic N) is 2. The molecule has 0 fully saturated rings. The highest BCUT2D eigenvalue weighted by atomic mass is 16.3. The predicted octanol–water partition coefficient (Wildman–Crippen LogP) is 4.36. The summed E-state index contributed by atoms with van der Waals surface area (Å²) < 4.78 is 0. The fraction of sp³-hybridized carbons (Fsp3) is 0.105. The summed E-state index contributed by atoms with van der Waals surface area (Å²) in [5.74, 6) is 0.243. The molecule has 0 saturated heterocycles. The molecule has 0 bridgehead atoms. The van der Waals surface area contributed by atoms with Crippen molar-refractivity contribution in [1.29, 1.82) is 0 Å². The molecule has 0 amide bonds. The highest BCUT2D eigenvalue weighted by Crippen LogP contribution is 2.26. The third kappa shape index (κ3) is 2.79. The molecular formula is C19H18N2O. The Morgan fingerprint density at radius 1 is 0.909 bits per heavy atom. The maximum atomic E-state index is 10.1. The molecule has 0 aliphatic heterocycles. The Kier molecular flexibility index (Phi) is 3.79. The minimum atomic E-state index is 0.243. The van der Waals surface area contributed by atoms with Crippen LogP contribution in [-0.2, 0) is 0 Å². The molecule has 0 unspecified atom stereocenters. The molecule has 0 aromatic heterocycles. The van der Waals surface area contributed by atoms with E-state index < -0.39 is 0 Å². The lowest BCUT2D eigenvalue weighted by molar-refractivity contribution is 0.475. The number of rotatable bonds is 3. The second-order valence-corrected chi connectivity index (χ2v) is 5.39. The van der Waals surface area contributed by atoms with Gasteiger partial charge in [-0.3, -0.25) is 4.99 Å². The number of hydrogen-bond donors (Lipinski definition) is 1. The maximum Gasteiger partial charge on any atom is 0.124 e. The summed E-state index contributed by atoms with van der Waals surface area (Å²) in [7, 11) is 4.01. The fourth-order valence-corrected chi connectivity index (χ4v) is 2.40. The molecule has 0 radical (unpaired) electrons. The zero-order valence-electron chi connectivity index (χ0n) is 12.7. The molecule has 0 aliphatic rings. The molecule has 3 rings (SSSR count). The quantitative estimate of drug-likeness (QED) is 0.727. The van der Waals surface area contributed by atoms with E-state index in [1.165, 1.54) is 0 Å². The molecule has 0 spiro atoms. The Hall–Kier alpha value is -2.81. The molecule has 0 atom stereocenters. The van der Waals surface area contributed by atoms with Gasteiger partial charge >= 0.3 is 0 Å². The summed E-state index contributed by atoms with van der Waals surface area (Å²) in [6.45, 7) is 0. The summed E-state index contributed by atoms with van der Waals surface area (Å²) >= 11 is 0. The van der Waals surface area contributed by atoms with E-state index in [-0.39, 0.29) is 5.75 Å². The number of aliphatic imine (C=N–C) groups is 1. The topological polar surface area (TPSA) is 35.8 Å². The van der Waals surface area contributed by atoms with Crippen LogP contribution in [0, 0.1) is 0 Å². The first kappa shape index (κ1) is 14.1. The van der Waals surface area contributed by atoms with E-state index >= 15 is 0 Å². The number of aromatic hydroxyl groups is 1. The third-order valence-electron chi connectivity index (χ3n) is 3.66. The van der Waals surface area contributed by atoms with Crippen LogP contribution in [0.4, 0.5) is 11.4 Å². The van der Waals surface area contributed by atoms with Crippen molar-refractivity contribution in [3.63, 3.8) is 0 Å². The zero-order valence-corrected chi connectivity index (χ0v) is 12.7. The van der Waals surface area contributed by atoms with Crippen molar-refractivity contribution in [2.24, 2.45) is 4.99 Å². The van der Waals surface area contributed by atoms with Gasteiger partial charge in [-0.25, -0.2) is 0 Å². The number of anilines is 1. The second-order valence-electron chi connectivity index (χ2n) is 5.39. The number of phenols is 1. The van der Waals surface area contributed by atoms with Crippen LogP contribution in [0.1, 0.15) is 5.56 Å². The van der Waals surface area contributed by atoms with Gasteiger partial charge in [0.25, 0.3) is 0 Å². The van der Waals surface area contributed by atoms with Gasteiger partial charge in [0, 0.05) is 31.6 Å². The molecule has 110 valence electrons. The average Bonchev–Trinajstić information content (AvgIpc) is 2.54. The molecule has 0 saturated carbocycles. The van der Waals surface area contributed by atoms with Crippen LogP contribution in [0.3, 0.4) is 0 Å². The van der Waals surface area contributed by atoms with Crippen molar-refractivity contribution in [2.75, 3.05) is 19.0 Å². The van der Waals surface area contributed by atoms with E-state index in [0.717, 1.165) is 27.7 Å². The van der Waals surface area contributed by atoms with Crippen molar-refractivity contribution in [2.45, 2.75) is 0 Å². The van der Waals surface area contributed by atoms with E-state index in [2.05, 4.69) is 4.99 Å². The molecule has 1 N–H and O–H groups in total. The van der Waals surface area contributed by atoms with Crippen molar-refractivity contribution < 1.29 is 5.11 Å². The molecular weight excluding hydrogens is 272 g/mol. The normalized spacial score (nSPS) is 11.2. The van der Waals surface area contributed by atoms with Crippen LogP contribution in [0.2, 0.25) is 0 Å². The van der Waals surface area contributed by atoms with Crippen molar-refractivity contribution in [1.82, 2.24) is 0 Å². The third-order valence-corrected chi connectivity index (χ3v) is 3.66. The van der Waals surface area contributed by atoms with Crippen LogP contribution >= 0.6 is 0 Å². The van der Waals surface area contributed by atoms with Gasteiger partial charge in [-0.05, 0) is 41.1 Å². The van der Waals surface area contributed by atoms with Crippen molar-refractivity contribution >= 4 is 28.4 Å². The number of benzene rings is 3. The Labute approximate surface area is 130 Å². The van der Waals surface area contributed by atoms with Crippen molar-refractivity contribution in [3.05, 3.63) is 66.2 Å². The predicted molar refractivity (Wildman–Crippen MR) is 93.6 cm³/mol. The van der Waals surface area contributed by atoms with E-state index in [9.17, 15) is 5.11 Å². The molecule has 3 nitrogen and oxygen atoms in total. The fourth-order valence-electron chi connectivity index (χ4n) is 2.40. The van der Waals surface area contributed by atoms with Gasteiger partial charge < -0.3 is 10.0 Å². The molecule has 3 aromatic carbocycles. The summed E-state index contributed by atoms with van der Waals surface area (Å²) in [5.41, 5.74) is 2.74. The summed E-state index contributed by atoms with van der Waals surface area (Å²) in [6.07, 6.45) is 1.72. The highest BCUT2D eigenvalue weighted by Gasteiger charge is 2.04. The lowest BCUT2D eigenvalue weighted by Crippen LogP contribution is -2.07. The Bertz CT molecular complexity index is 820. The number of phenolic OH excluding ortho intramolecular Hbond substituents is 1. The van der Waals surface area contributed by atoms with Crippen LogP contribution in [-0.4, -0.2) is 25.4 Å². The van der Waals surface area contributed by atoms with Gasteiger partial charge in [0.1, 0.15) is 5.75 Å². The lowest BCUT2D eigenvalue weighted by atomic mass is 10.0. The van der Waals surface area contributed by atoms with E-state index in [0.29, 0.717) is 0 Å². The van der Waals surface area contributed by atoms with E-state index in [1.807, 2.05) is 73.6 Å². The lowest BCUT2D eigenvalue weighted by Gasteiger charge is -2.11. The Morgan fingerprint density at radius 2 is 1.64 bits per heavy atom. The van der Waals surface area contributed by atoms with Crippen LogP contribution in [0.15, 0.2) is 65.7 Å². The monoisotopic (exact) mass is 290 g/mol. The van der Waals surface area contributed by atoms with Gasteiger partial charge in [0.05, 0.1) is 5.69 Å². The smallest absolute Gasteiger partial charge is 0.124 e. The van der Waals surface area contributed by atoms with E-state index in [4.69, 9.17) is 0 Å². The van der Waals surface area contributed by atoms with Crippen LogP contribution in [0.25, 0.3) is 10.8 Å². The summed E-state index contributed by atoms with van der Waals surface area (Å²) in [4.78, 5) is 6.53. The zero-order chi connectivity index (χ0) is 15.5. The standard InChI is InChI=1S/C19H18N2O/c1-21(2)16-10-8-15(9-11-16)20-13-18-17-6-4-3-5-14(17)7-12-19(18)22/h3-13,22H,1-2H3. The van der Waals surface area contributed by atoms with Crippen molar-refractivity contribution in [3.8, 4) is 5.75 Å². The number of hydrogen-bond acceptors (Lipinski definition) is 3. The first-order valence-electron chi connectivity index (χ1n) is 7.17. The van der Waals surface area contributed by atoms with Crippen LogP contribution in [0.5, 0.6) is 5.75 Å². The van der Waals surface area contributed by atoms with Gasteiger partial charge in [-0.1, -0.05) is 30.3 Å². The van der Waals surface area contributed by atoms with Gasteiger partial charge in [0.2, 0.25) is 0 Å². The molecule has 22 heavy (non-hydrogen) atoms. The summed E-state index contributed by atoms with van der Waals surface area (Å²) in [5, 5.41) is 12.2. The Morgan fingerprint density at radius 3 is 2.36 bits per heavy atom.